The van der Waals surface area contributed by atoms with Gasteiger partial charge in [-0.25, -0.2) is 9.50 Å². The van der Waals surface area contributed by atoms with Crippen molar-refractivity contribution in [3.05, 3.63) is 40.3 Å². The summed E-state index contributed by atoms with van der Waals surface area (Å²) in [5.41, 5.74) is 3.82. The van der Waals surface area contributed by atoms with Crippen LogP contribution in [0.5, 0.6) is 0 Å². The maximum absolute atomic E-state index is 12.6. The Morgan fingerprint density at radius 2 is 2.10 bits per heavy atom. The van der Waals surface area contributed by atoms with Gasteiger partial charge in [0, 0.05) is 24.7 Å². The standard InChI is InChI=1S/C21H23ClN6O2S/c22-13-2-3-17-14-4-8-27(11-16(14)26-28(17)10-13)20-23-15-5-9-31(30)18(15)19(24-20)25-21(12-29)6-1-7-21/h2-3,10,29H,1,4-9,11-12H2,(H,23,24,25)/t31-/m1/s1. The Morgan fingerprint density at radius 3 is 2.87 bits per heavy atom. The van der Waals surface area contributed by atoms with Crippen molar-refractivity contribution >= 4 is 40.1 Å². The van der Waals surface area contributed by atoms with Gasteiger partial charge in [0.15, 0.2) is 5.82 Å². The molecule has 0 aromatic carbocycles. The molecule has 162 valence electrons. The lowest BCUT2D eigenvalue weighted by molar-refractivity contribution is 0.143. The highest BCUT2D eigenvalue weighted by atomic mass is 35.5. The molecule has 3 aromatic heterocycles. The summed E-state index contributed by atoms with van der Waals surface area (Å²) in [7, 11) is 0. The van der Waals surface area contributed by atoms with Crippen molar-refractivity contribution in [2.45, 2.75) is 49.1 Å². The topological polar surface area (TPSA) is 102 Å². The average Bonchev–Trinajstić information content (AvgIpc) is 3.29. The first-order valence-corrected chi connectivity index (χ1v) is 12.3. The van der Waals surface area contributed by atoms with Crippen molar-refractivity contribution in [1.82, 2.24) is 19.6 Å². The van der Waals surface area contributed by atoms with Crippen LogP contribution in [0.1, 0.15) is 36.2 Å². The van der Waals surface area contributed by atoms with E-state index in [1.807, 2.05) is 22.8 Å². The largest absolute Gasteiger partial charge is 0.611 e. The number of nitrogens with zero attached hydrogens (tertiary/aromatic N) is 5. The molecular formula is C21H23ClN6O2S. The first-order chi connectivity index (χ1) is 15.0. The molecule has 1 fully saturated rings. The molecule has 1 saturated carbocycles. The number of aromatic nitrogens is 4. The van der Waals surface area contributed by atoms with E-state index in [0.717, 1.165) is 49.1 Å². The van der Waals surface area contributed by atoms with Crippen LogP contribution < -0.4 is 10.2 Å². The zero-order valence-corrected chi connectivity index (χ0v) is 18.5. The van der Waals surface area contributed by atoms with Gasteiger partial charge in [-0.1, -0.05) is 11.6 Å². The second-order valence-corrected chi connectivity index (χ2v) is 10.6. The Hall–Kier alpha value is -2.07. The molecule has 0 amide bonds. The molecule has 1 aliphatic carbocycles. The van der Waals surface area contributed by atoms with Gasteiger partial charge in [-0.05, 0) is 49.0 Å². The Bertz CT molecular complexity index is 1170. The molecule has 0 saturated heterocycles. The normalized spacial score (nSPS) is 21.6. The fraction of sp³-hybridized carbons (Fsp3) is 0.476. The van der Waals surface area contributed by atoms with Crippen LogP contribution in [0.3, 0.4) is 0 Å². The van der Waals surface area contributed by atoms with Crippen LogP contribution in [-0.4, -0.2) is 53.7 Å². The van der Waals surface area contributed by atoms with Crippen LogP contribution in [0, 0.1) is 0 Å². The molecule has 2 aliphatic heterocycles. The van der Waals surface area contributed by atoms with E-state index in [9.17, 15) is 9.66 Å². The van der Waals surface area contributed by atoms with E-state index in [1.54, 1.807) is 0 Å². The van der Waals surface area contributed by atoms with E-state index in [4.69, 9.17) is 26.7 Å². The van der Waals surface area contributed by atoms with Crippen LogP contribution >= 0.6 is 11.6 Å². The summed E-state index contributed by atoms with van der Waals surface area (Å²) in [6, 6.07) is 3.91. The summed E-state index contributed by atoms with van der Waals surface area (Å²) in [5, 5.41) is 18.7. The third-order valence-electron chi connectivity index (χ3n) is 6.71. The van der Waals surface area contributed by atoms with Gasteiger partial charge >= 0.3 is 0 Å². The zero-order chi connectivity index (χ0) is 21.2. The van der Waals surface area contributed by atoms with Crippen LogP contribution in [0.25, 0.3) is 5.52 Å². The number of hydrogen-bond acceptors (Lipinski definition) is 7. The maximum atomic E-state index is 12.6. The maximum Gasteiger partial charge on any atom is 0.228 e. The predicted molar refractivity (Wildman–Crippen MR) is 119 cm³/mol. The monoisotopic (exact) mass is 458 g/mol. The highest BCUT2D eigenvalue weighted by Crippen LogP contribution is 2.39. The van der Waals surface area contributed by atoms with Crippen molar-refractivity contribution in [2.24, 2.45) is 0 Å². The zero-order valence-electron chi connectivity index (χ0n) is 17.0. The molecule has 0 spiro atoms. The molecule has 3 aromatic rings. The van der Waals surface area contributed by atoms with E-state index >= 15 is 0 Å². The Morgan fingerprint density at radius 1 is 1.23 bits per heavy atom. The average molecular weight is 459 g/mol. The SMILES string of the molecule is [O-][S@+]1CCc2nc(N3CCc4c(nn5cc(Cl)ccc45)C3)nc(NC3(CO)CCC3)c21. The number of pyridine rings is 1. The number of aliphatic hydroxyl groups is 1. The number of nitrogens with one attached hydrogen (secondary N) is 1. The molecule has 1 atom stereocenters. The Kier molecular flexibility index (Phi) is 4.57. The number of anilines is 2. The quantitative estimate of drug-likeness (QED) is 0.578. The first kappa shape index (κ1) is 19.6. The molecule has 2 N–H and O–H groups in total. The fourth-order valence-electron chi connectivity index (χ4n) is 4.79. The molecular weight excluding hydrogens is 436 g/mol. The second-order valence-electron chi connectivity index (χ2n) is 8.64. The summed E-state index contributed by atoms with van der Waals surface area (Å²) in [6.07, 6.45) is 6.21. The third kappa shape index (κ3) is 3.17. The highest BCUT2D eigenvalue weighted by molar-refractivity contribution is 7.91. The summed E-state index contributed by atoms with van der Waals surface area (Å²) in [6.45, 7) is 1.44. The number of fused-ring (bicyclic) bond motifs is 4. The molecule has 0 bridgehead atoms. The second kappa shape index (κ2) is 7.23. The van der Waals surface area contributed by atoms with Crippen LogP contribution in [-0.2, 0) is 30.6 Å². The van der Waals surface area contributed by atoms with Gasteiger partial charge in [0.2, 0.25) is 10.8 Å². The molecule has 31 heavy (non-hydrogen) atoms. The lowest BCUT2D eigenvalue weighted by Gasteiger charge is -2.41. The molecule has 0 unspecified atom stereocenters. The van der Waals surface area contributed by atoms with Gasteiger partial charge in [-0.3, -0.25) is 0 Å². The smallest absolute Gasteiger partial charge is 0.228 e. The number of halogens is 1. The van der Waals surface area contributed by atoms with Crippen LogP contribution in [0.2, 0.25) is 5.02 Å². The molecule has 8 nitrogen and oxygen atoms in total. The lowest BCUT2D eigenvalue weighted by Crippen LogP contribution is -2.49. The van der Waals surface area contributed by atoms with Crippen molar-refractivity contribution in [2.75, 3.05) is 29.1 Å². The Balaban J connectivity index is 1.36. The molecule has 10 heteroatoms. The number of aliphatic hydroxyl groups excluding tert-OH is 1. The Labute approximate surface area is 187 Å². The van der Waals surface area contributed by atoms with Crippen LogP contribution in [0.4, 0.5) is 11.8 Å². The fourth-order valence-corrected chi connectivity index (χ4v) is 6.25. The van der Waals surface area contributed by atoms with Gasteiger partial charge in [0.25, 0.3) is 0 Å². The van der Waals surface area contributed by atoms with Crippen LogP contribution in [0.15, 0.2) is 23.2 Å². The van der Waals surface area contributed by atoms with Crippen molar-refractivity contribution in [1.29, 1.82) is 0 Å². The van der Waals surface area contributed by atoms with Crippen molar-refractivity contribution < 1.29 is 9.66 Å². The summed E-state index contributed by atoms with van der Waals surface area (Å²) in [4.78, 5) is 12.5. The number of aryl methyl sites for hydroxylation is 1. The van der Waals surface area contributed by atoms with Gasteiger partial charge in [-0.15, -0.1) is 0 Å². The number of rotatable bonds is 4. The molecule has 6 rings (SSSR count). The minimum atomic E-state index is -1.10. The third-order valence-corrected chi connectivity index (χ3v) is 8.39. The van der Waals surface area contributed by atoms with Crippen molar-refractivity contribution in [3.8, 4) is 0 Å². The van der Waals surface area contributed by atoms with Crippen molar-refractivity contribution in [3.63, 3.8) is 0 Å². The summed E-state index contributed by atoms with van der Waals surface area (Å²) < 4.78 is 14.5. The van der Waals surface area contributed by atoms with Gasteiger partial charge < -0.3 is 19.9 Å². The highest BCUT2D eigenvalue weighted by Gasteiger charge is 2.41. The predicted octanol–water partition coefficient (Wildman–Crippen LogP) is 2.33. The molecule has 5 heterocycles. The van der Waals surface area contributed by atoms with Gasteiger partial charge in [0.1, 0.15) is 11.4 Å². The summed E-state index contributed by atoms with van der Waals surface area (Å²) in [5.74, 6) is 1.83. The first-order valence-electron chi connectivity index (χ1n) is 10.6. The van der Waals surface area contributed by atoms with E-state index in [-0.39, 0.29) is 12.1 Å². The minimum absolute atomic E-state index is 0.0463. The van der Waals surface area contributed by atoms with E-state index in [1.165, 1.54) is 5.56 Å². The summed E-state index contributed by atoms with van der Waals surface area (Å²) >= 11 is 5.03. The van der Waals surface area contributed by atoms with Gasteiger partial charge in [0.05, 0.1) is 34.9 Å². The molecule has 0 radical (unpaired) electrons. The lowest BCUT2D eigenvalue weighted by atomic mass is 9.77. The van der Waals surface area contributed by atoms with E-state index < -0.39 is 11.2 Å². The van der Waals surface area contributed by atoms with E-state index in [0.29, 0.717) is 40.4 Å². The number of hydrogen-bond donors (Lipinski definition) is 2. The van der Waals surface area contributed by atoms with E-state index in [2.05, 4.69) is 10.2 Å². The minimum Gasteiger partial charge on any atom is -0.611 e. The van der Waals surface area contributed by atoms with Gasteiger partial charge in [-0.2, -0.15) is 10.1 Å². The molecule has 3 aliphatic rings.